The maximum atomic E-state index is 2.68. The van der Waals surface area contributed by atoms with Crippen LogP contribution in [-0.2, 0) is 0 Å². The molecule has 0 spiro atoms. The second kappa shape index (κ2) is 9.44. The van der Waals surface area contributed by atoms with Crippen LogP contribution in [0, 0.1) is 0 Å². The summed E-state index contributed by atoms with van der Waals surface area (Å²) in [5.74, 6) is 0. The summed E-state index contributed by atoms with van der Waals surface area (Å²) in [6, 6.07) is 0. The Morgan fingerprint density at radius 3 is 0.812 bits per heavy atom. The topological polar surface area (TPSA) is 9.72 Å². The Morgan fingerprint density at radius 2 is 0.688 bits per heavy atom. The zero-order valence-electron chi connectivity index (χ0n) is 12.2. The van der Waals surface area contributed by atoms with Gasteiger partial charge < -0.3 is 11.7 Å². The predicted octanol–water partition coefficient (Wildman–Crippen LogP) is 2.00. The molecule has 0 aromatic rings. The third-order valence-corrected chi connectivity index (χ3v) is 7.57. The summed E-state index contributed by atoms with van der Waals surface area (Å²) in [5, 5.41) is 0. The van der Waals surface area contributed by atoms with Gasteiger partial charge in [0.2, 0.25) is 0 Å². The van der Waals surface area contributed by atoms with Gasteiger partial charge in [-0.05, 0) is 0 Å². The first kappa shape index (κ1) is 16.4. The zero-order chi connectivity index (χ0) is 12.6. The highest BCUT2D eigenvalue weighted by Crippen LogP contribution is 2.07. The third-order valence-electron chi connectivity index (χ3n) is 3.42. The summed E-state index contributed by atoms with van der Waals surface area (Å²) in [5.41, 5.74) is 0. The molecule has 0 amide bonds. The Kier molecular flexibility index (Phi) is 9.69. The van der Waals surface area contributed by atoms with E-state index in [1.165, 1.54) is 39.3 Å². The molecule has 16 heavy (non-hydrogen) atoms. The van der Waals surface area contributed by atoms with Crippen molar-refractivity contribution in [3.63, 3.8) is 0 Å². The molecule has 0 aromatic heterocycles. The largest absolute Gasteiger partial charge is 0.510 e. The molecule has 97 valence electrons. The lowest BCUT2D eigenvalue weighted by molar-refractivity contribution is 0.294. The van der Waals surface area contributed by atoms with Gasteiger partial charge in [0.25, 0.3) is 14.8 Å². The number of hydrogen-bond donors (Lipinski definition) is 0. The molecule has 0 N–H and O–H groups in total. The first-order valence-corrected chi connectivity index (χ1v) is 8.46. The van der Waals surface area contributed by atoms with E-state index in [1.54, 1.807) is 0 Å². The standard InChI is InChI=1S/3C4H10N.Al/c3*1-3-5-4-2;/h3*3-4H2,1-2H3;/q3*-1;+2. The predicted molar refractivity (Wildman–Crippen MR) is 74.5 cm³/mol. The fraction of sp³-hybridized carbons (Fsp3) is 1.00. The molecule has 0 aliphatic carbocycles. The molecule has 0 heterocycles. The van der Waals surface area contributed by atoms with Crippen molar-refractivity contribution in [2.45, 2.75) is 41.5 Å². The van der Waals surface area contributed by atoms with Crippen molar-refractivity contribution in [3.05, 3.63) is 0 Å². The van der Waals surface area contributed by atoms with E-state index in [4.69, 9.17) is 0 Å². The van der Waals surface area contributed by atoms with Crippen LogP contribution >= 0.6 is 0 Å². The number of rotatable bonds is 9. The minimum atomic E-state index is -1.08. The van der Waals surface area contributed by atoms with E-state index in [2.05, 4.69) is 53.2 Å². The molecule has 0 atom stereocenters. The molecule has 4 heteroatoms. The van der Waals surface area contributed by atoms with Gasteiger partial charge in [-0.1, -0.05) is 80.8 Å². The molecular formula is C12H30AlN3-. The van der Waals surface area contributed by atoms with Gasteiger partial charge in [0.15, 0.2) is 0 Å². The minimum Gasteiger partial charge on any atom is -0.510 e. The lowest BCUT2D eigenvalue weighted by Gasteiger charge is -2.54. The SMILES string of the molecule is CC[N](CC)[Al-]([N](CC)CC)[N](CC)CC. The molecule has 0 bridgehead atoms. The summed E-state index contributed by atoms with van der Waals surface area (Å²) in [6.07, 6.45) is 0. The van der Waals surface area contributed by atoms with Gasteiger partial charge in [-0.2, -0.15) is 0 Å². The summed E-state index contributed by atoms with van der Waals surface area (Å²) in [4.78, 5) is 0. The van der Waals surface area contributed by atoms with Gasteiger partial charge in [0, 0.05) is 0 Å². The molecule has 0 aliphatic rings. The Balaban J connectivity index is 4.84. The first-order valence-electron chi connectivity index (χ1n) is 6.91. The van der Waals surface area contributed by atoms with E-state index in [1.807, 2.05) is 0 Å². The van der Waals surface area contributed by atoms with Gasteiger partial charge in [-0.3, -0.25) is 0 Å². The van der Waals surface area contributed by atoms with Crippen LogP contribution in [0.25, 0.3) is 0 Å². The monoisotopic (exact) mass is 243 g/mol. The lowest BCUT2D eigenvalue weighted by Crippen LogP contribution is -2.62. The van der Waals surface area contributed by atoms with Gasteiger partial charge in [0.1, 0.15) is 0 Å². The Labute approximate surface area is 107 Å². The first-order chi connectivity index (χ1) is 7.69. The molecule has 0 saturated heterocycles. The quantitative estimate of drug-likeness (QED) is 0.574. The van der Waals surface area contributed by atoms with E-state index < -0.39 is 14.8 Å². The normalized spacial score (nSPS) is 12.4. The summed E-state index contributed by atoms with van der Waals surface area (Å²) < 4.78 is 8.04. The van der Waals surface area contributed by atoms with Gasteiger partial charge >= 0.3 is 0 Å². The van der Waals surface area contributed by atoms with Crippen molar-refractivity contribution in [2.75, 3.05) is 39.3 Å². The number of hydrogen-bond acceptors (Lipinski definition) is 3. The van der Waals surface area contributed by atoms with Crippen molar-refractivity contribution in [3.8, 4) is 0 Å². The maximum absolute atomic E-state index is 2.68. The molecule has 0 rings (SSSR count). The fourth-order valence-electron chi connectivity index (χ4n) is 2.34. The summed E-state index contributed by atoms with van der Waals surface area (Å²) >= 11 is -1.08. The molecule has 0 unspecified atom stereocenters. The van der Waals surface area contributed by atoms with Crippen LogP contribution in [-0.4, -0.2) is 65.7 Å². The van der Waals surface area contributed by atoms with Gasteiger partial charge in [-0.15, -0.1) is 0 Å². The van der Waals surface area contributed by atoms with Crippen LogP contribution in [0.1, 0.15) is 41.5 Å². The van der Waals surface area contributed by atoms with Crippen LogP contribution < -0.4 is 0 Å². The number of nitrogens with zero attached hydrogens (tertiary/aromatic N) is 3. The average Bonchev–Trinajstić information content (AvgIpc) is 2.33. The van der Waals surface area contributed by atoms with E-state index in [0.29, 0.717) is 0 Å². The lowest BCUT2D eigenvalue weighted by atomic mass is 10.6. The van der Waals surface area contributed by atoms with Crippen LogP contribution in [0.5, 0.6) is 0 Å². The molecular weight excluding hydrogens is 213 g/mol. The Hall–Kier alpha value is 0.412. The molecule has 0 aliphatic heterocycles. The fourth-order valence-corrected chi connectivity index (χ4v) is 5.69. The highest BCUT2D eigenvalue weighted by atomic mass is 27.2. The Morgan fingerprint density at radius 1 is 0.500 bits per heavy atom. The van der Waals surface area contributed by atoms with Crippen molar-refractivity contribution in [1.29, 1.82) is 0 Å². The van der Waals surface area contributed by atoms with Crippen molar-refractivity contribution >= 4 is 14.8 Å². The minimum absolute atomic E-state index is 1.08. The van der Waals surface area contributed by atoms with E-state index in [0.717, 1.165) is 0 Å². The Bertz CT molecular complexity index is 126. The highest BCUT2D eigenvalue weighted by Gasteiger charge is 2.19. The average molecular weight is 243 g/mol. The van der Waals surface area contributed by atoms with E-state index in [9.17, 15) is 0 Å². The van der Waals surface area contributed by atoms with Gasteiger partial charge in [0.05, 0.1) is 0 Å². The zero-order valence-corrected chi connectivity index (χ0v) is 13.3. The van der Waals surface area contributed by atoms with Crippen molar-refractivity contribution in [1.82, 2.24) is 11.7 Å². The maximum Gasteiger partial charge on any atom is 0.279 e. The second-order valence-electron chi connectivity index (χ2n) is 4.01. The summed E-state index contributed by atoms with van der Waals surface area (Å²) in [6.45, 7) is 20.8. The highest BCUT2D eigenvalue weighted by molar-refractivity contribution is 6.49. The molecule has 0 fully saturated rings. The second-order valence-corrected chi connectivity index (χ2v) is 6.89. The van der Waals surface area contributed by atoms with Crippen LogP contribution in [0.2, 0.25) is 0 Å². The smallest absolute Gasteiger partial charge is 0.279 e. The molecule has 0 saturated carbocycles. The molecule has 1 radical (unpaired) electrons. The van der Waals surface area contributed by atoms with Crippen LogP contribution in [0.4, 0.5) is 0 Å². The summed E-state index contributed by atoms with van der Waals surface area (Å²) in [7, 11) is 0. The molecule has 3 nitrogen and oxygen atoms in total. The van der Waals surface area contributed by atoms with Crippen LogP contribution in [0.3, 0.4) is 0 Å². The van der Waals surface area contributed by atoms with E-state index in [-0.39, 0.29) is 0 Å². The molecule has 0 aromatic carbocycles. The third kappa shape index (κ3) is 4.35. The van der Waals surface area contributed by atoms with E-state index >= 15 is 0 Å². The van der Waals surface area contributed by atoms with Crippen LogP contribution in [0.15, 0.2) is 0 Å². The van der Waals surface area contributed by atoms with Crippen molar-refractivity contribution in [2.24, 2.45) is 0 Å². The van der Waals surface area contributed by atoms with Crippen molar-refractivity contribution < 1.29 is 0 Å². The van der Waals surface area contributed by atoms with Gasteiger partial charge in [-0.25, -0.2) is 0 Å².